The van der Waals surface area contributed by atoms with Crippen molar-refractivity contribution in [1.82, 2.24) is 10.0 Å². The molecule has 24 heavy (non-hydrogen) atoms. The highest BCUT2D eigenvalue weighted by Gasteiger charge is 2.20. The Hall–Kier alpha value is -1.70. The molecule has 0 heterocycles. The fraction of sp³-hybridized carbons (Fsp3) is 0.471. The average Bonchev–Trinajstić information content (AvgIpc) is 3.40. The predicted octanol–water partition coefficient (Wildman–Crippen LogP) is 1.70. The van der Waals surface area contributed by atoms with E-state index < -0.39 is 10.0 Å². The third kappa shape index (κ3) is 6.07. The molecule has 1 aliphatic rings. The van der Waals surface area contributed by atoms with Gasteiger partial charge in [-0.05, 0) is 43.4 Å². The molecule has 0 bridgehead atoms. The van der Waals surface area contributed by atoms with Gasteiger partial charge in [0, 0.05) is 31.9 Å². The van der Waals surface area contributed by atoms with Crippen LogP contribution in [0.4, 0.5) is 0 Å². The summed E-state index contributed by atoms with van der Waals surface area (Å²) in [5, 5.41) is 2.77. The van der Waals surface area contributed by atoms with Crippen molar-refractivity contribution in [2.24, 2.45) is 5.92 Å². The van der Waals surface area contributed by atoms with Gasteiger partial charge in [0.1, 0.15) is 0 Å². The van der Waals surface area contributed by atoms with E-state index in [9.17, 15) is 13.2 Å². The molecule has 0 aromatic heterocycles. The summed E-state index contributed by atoms with van der Waals surface area (Å²) in [6.07, 6.45) is 4.71. The molecule has 0 atom stereocenters. The molecule has 0 saturated heterocycles. The lowest BCUT2D eigenvalue weighted by atomic mass is 10.2. The first kappa shape index (κ1) is 18.6. The van der Waals surface area contributed by atoms with Gasteiger partial charge in [-0.3, -0.25) is 4.79 Å². The molecule has 0 spiro atoms. The van der Waals surface area contributed by atoms with Crippen molar-refractivity contribution in [3.63, 3.8) is 0 Å². The molecule has 1 aliphatic carbocycles. The minimum atomic E-state index is -3.63. The second kappa shape index (κ2) is 8.96. The van der Waals surface area contributed by atoms with E-state index in [-0.39, 0.29) is 17.3 Å². The lowest BCUT2D eigenvalue weighted by Crippen LogP contribution is -2.27. The van der Waals surface area contributed by atoms with Crippen molar-refractivity contribution in [3.05, 3.63) is 42.5 Å². The Morgan fingerprint density at radius 1 is 1.38 bits per heavy atom. The summed E-state index contributed by atoms with van der Waals surface area (Å²) < 4.78 is 32.0. The lowest BCUT2D eigenvalue weighted by molar-refractivity contribution is 0.0937. The molecule has 0 unspecified atom stereocenters. The van der Waals surface area contributed by atoms with Crippen LogP contribution in [0.2, 0.25) is 0 Å². The maximum atomic E-state index is 12.1. The van der Waals surface area contributed by atoms with Crippen LogP contribution >= 0.6 is 0 Å². The quantitative estimate of drug-likeness (QED) is 0.469. The van der Waals surface area contributed by atoms with Gasteiger partial charge in [-0.1, -0.05) is 12.1 Å². The van der Waals surface area contributed by atoms with Crippen molar-refractivity contribution in [3.8, 4) is 0 Å². The van der Waals surface area contributed by atoms with Crippen LogP contribution in [0, 0.1) is 5.92 Å². The number of hydrogen-bond donors (Lipinski definition) is 2. The van der Waals surface area contributed by atoms with Crippen LogP contribution in [0.25, 0.3) is 0 Å². The number of benzene rings is 1. The van der Waals surface area contributed by atoms with Gasteiger partial charge in [0.2, 0.25) is 10.0 Å². The molecule has 7 heteroatoms. The minimum absolute atomic E-state index is 0.0600. The molecule has 132 valence electrons. The van der Waals surface area contributed by atoms with Crippen molar-refractivity contribution in [2.45, 2.75) is 24.2 Å². The van der Waals surface area contributed by atoms with E-state index in [2.05, 4.69) is 16.6 Å². The Labute approximate surface area is 143 Å². The van der Waals surface area contributed by atoms with E-state index in [1.54, 1.807) is 12.1 Å². The zero-order valence-electron chi connectivity index (χ0n) is 13.7. The Kier molecular flexibility index (Phi) is 6.96. The van der Waals surface area contributed by atoms with E-state index in [0.717, 1.165) is 18.9 Å². The van der Waals surface area contributed by atoms with Crippen molar-refractivity contribution in [2.75, 3.05) is 26.3 Å². The summed E-state index contributed by atoms with van der Waals surface area (Å²) in [6.45, 7) is 5.54. The van der Waals surface area contributed by atoms with Crippen LogP contribution in [-0.2, 0) is 14.8 Å². The molecule has 0 aliphatic heterocycles. The van der Waals surface area contributed by atoms with Gasteiger partial charge in [-0.25, -0.2) is 13.1 Å². The minimum Gasteiger partial charge on any atom is -0.381 e. The molecule has 1 aromatic carbocycles. The first-order chi connectivity index (χ1) is 11.5. The number of carbonyl (C=O) groups excluding carboxylic acids is 1. The van der Waals surface area contributed by atoms with Gasteiger partial charge in [0.15, 0.2) is 0 Å². The van der Waals surface area contributed by atoms with Crippen molar-refractivity contribution in [1.29, 1.82) is 0 Å². The molecular weight excluding hydrogens is 328 g/mol. The molecule has 1 aromatic rings. The van der Waals surface area contributed by atoms with Crippen LogP contribution in [0.3, 0.4) is 0 Å². The van der Waals surface area contributed by atoms with E-state index in [4.69, 9.17) is 4.74 Å². The maximum absolute atomic E-state index is 12.1. The summed E-state index contributed by atoms with van der Waals surface area (Å²) in [4.78, 5) is 12.2. The van der Waals surface area contributed by atoms with Gasteiger partial charge in [-0.2, -0.15) is 0 Å². The number of rotatable bonds is 11. The van der Waals surface area contributed by atoms with Crippen LogP contribution < -0.4 is 10.0 Å². The second-order valence-electron chi connectivity index (χ2n) is 5.80. The molecular formula is C17H24N2O4S. The third-order valence-corrected chi connectivity index (χ3v) is 5.05. The van der Waals surface area contributed by atoms with Crippen LogP contribution in [-0.4, -0.2) is 40.6 Å². The number of amides is 1. The van der Waals surface area contributed by atoms with Gasteiger partial charge in [0.05, 0.1) is 4.90 Å². The Morgan fingerprint density at radius 3 is 2.88 bits per heavy atom. The van der Waals surface area contributed by atoms with Gasteiger partial charge < -0.3 is 10.1 Å². The highest BCUT2D eigenvalue weighted by molar-refractivity contribution is 7.89. The van der Waals surface area contributed by atoms with E-state index in [0.29, 0.717) is 18.7 Å². The Bertz CT molecular complexity index is 669. The first-order valence-electron chi connectivity index (χ1n) is 8.09. The number of sulfonamides is 1. The smallest absolute Gasteiger partial charge is 0.251 e. The molecule has 0 radical (unpaired) electrons. The zero-order chi connectivity index (χ0) is 17.4. The SMILES string of the molecule is C=CCNS(=O)(=O)c1cccc(C(=O)NCCCOCC2CC2)c1. The van der Waals surface area contributed by atoms with Gasteiger partial charge in [-0.15, -0.1) is 6.58 Å². The second-order valence-corrected chi connectivity index (χ2v) is 7.56. The van der Waals surface area contributed by atoms with Gasteiger partial charge >= 0.3 is 0 Å². The predicted molar refractivity (Wildman–Crippen MR) is 92.3 cm³/mol. The normalized spacial score (nSPS) is 14.3. The zero-order valence-corrected chi connectivity index (χ0v) is 14.5. The summed E-state index contributed by atoms with van der Waals surface area (Å²) in [5.41, 5.74) is 0.315. The van der Waals surface area contributed by atoms with Crippen molar-refractivity contribution < 1.29 is 17.9 Å². The summed E-state index contributed by atoms with van der Waals surface area (Å²) in [5.74, 6) is 0.442. The molecule has 2 N–H and O–H groups in total. The highest BCUT2D eigenvalue weighted by Crippen LogP contribution is 2.28. The highest BCUT2D eigenvalue weighted by atomic mass is 32.2. The van der Waals surface area contributed by atoms with Gasteiger partial charge in [0.25, 0.3) is 5.91 Å². The summed E-state index contributed by atoms with van der Waals surface area (Å²) in [6, 6.07) is 5.96. The number of nitrogens with one attached hydrogen (secondary N) is 2. The molecule has 1 fully saturated rings. The fourth-order valence-electron chi connectivity index (χ4n) is 2.07. The number of ether oxygens (including phenoxy) is 1. The van der Waals surface area contributed by atoms with Crippen LogP contribution in [0.5, 0.6) is 0 Å². The maximum Gasteiger partial charge on any atom is 0.251 e. The van der Waals surface area contributed by atoms with E-state index in [1.807, 2.05) is 0 Å². The molecule has 2 rings (SSSR count). The Morgan fingerprint density at radius 2 is 2.17 bits per heavy atom. The third-order valence-electron chi connectivity index (χ3n) is 3.63. The summed E-state index contributed by atoms with van der Waals surface area (Å²) >= 11 is 0. The van der Waals surface area contributed by atoms with Crippen LogP contribution in [0.15, 0.2) is 41.8 Å². The monoisotopic (exact) mass is 352 g/mol. The standard InChI is InChI=1S/C17H24N2O4S/c1-2-9-19-24(21,22)16-6-3-5-15(12-16)17(20)18-10-4-11-23-13-14-7-8-14/h2-3,5-6,12,14,19H,1,4,7-11,13H2,(H,18,20). The average molecular weight is 352 g/mol. The van der Waals surface area contributed by atoms with E-state index >= 15 is 0 Å². The fourth-order valence-corrected chi connectivity index (χ4v) is 3.11. The number of hydrogen-bond acceptors (Lipinski definition) is 4. The topological polar surface area (TPSA) is 84.5 Å². The molecule has 6 nitrogen and oxygen atoms in total. The van der Waals surface area contributed by atoms with E-state index in [1.165, 1.54) is 31.1 Å². The first-order valence-corrected chi connectivity index (χ1v) is 9.58. The molecule has 1 saturated carbocycles. The largest absolute Gasteiger partial charge is 0.381 e. The van der Waals surface area contributed by atoms with Crippen LogP contribution in [0.1, 0.15) is 29.6 Å². The Balaban J connectivity index is 1.80. The molecule has 1 amide bonds. The number of carbonyl (C=O) groups is 1. The van der Waals surface area contributed by atoms with Crippen molar-refractivity contribution >= 4 is 15.9 Å². The summed E-state index contributed by atoms with van der Waals surface area (Å²) in [7, 11) is -3.63. The lowest BCUT2D eigenvalue weighted by Gasteiger charge is -2.08.